The van der Waals surface area contributed by atoms with Gasteiger partial charge >= 0.3 is 0 Å². The largest absolute Gasteiger partial charge is 0.369 e. The highest BCUT2D eigenvalue weighted by Crippen LogP contribution is 2.29. The van der Waals surface area contributed by atoms with Crippen LogP contribution in [0, 0.1) is 5.92 Å². The van der Waals surface area contributed by atoms with Crippen molar-refractivity contribution in [1.82, 2.24) is 15.0 Å². The summed E-state index contributed by atoms with van der Waals surface area (Å²) in [6.45, 7) is 0. The fourth-order valence-electron chi connectivity index (χ4n) is 3.26. The Kier molecular flexibility index (Phi) is 3.65. The second-order valence-electron chi connectivity index (χ2n) is 6.16. The fraction of sp³-hybridized carbons (Fsp3) is 0.158. The lowest BCUT2D eigenvalue weighted by Crippen LogP contribution is -2.23. The third-order valence-electron chi connectivity index (χ3n) is 4.44. The van der Waals surface area contributed by atoms with Gasteiger partial charge < -0.3 is 5.73 Å². The standard InChI is InChI=1S/C19H16N4O2/c20-19-22-17-16(18(25)23-19)13-8-12(9-15(24)14(13)10-21-17)7-6-11-4-2-1-3-5-11/h1-7,10,12H,8-9H2,(H3,20,21,22,23,25)/b7-6+/t12-/m1/s1. The number of aromatic nitrogens is 3. The molecule has 6 heteroatoms. The molecule has 4 rings (SSSR count). The molecular formula is C19H16N4O2. The molecule has 2 heterocycles. The summed E-state index contributed by atoms with van der Waals surface area (Å²) in [6, 6.07) is 9.91. The van der Waals surface area contributed by atoms with Crippen LogP contribution in [0.2, 0.25) is 0 Å². The Balaban J connectivity index is 1.76. The number of rotatable bonds is 2. The number of Topliss-reactive ketones (excluding diaryl/α,β-unsaturated/α-hetero) is 1. The summed E-state index contributed by atoms with van der Waals surface area (Å²) in [6.07, 6.45) is 6.54. The first-order valence-corrected chi connectivity index (χ1v) is 8.05. The molecule has 3 aromatic rings. The number of anilines is 1. The number of pyridine rings is 1. The molecule has 0 amide bonds. The van der Waals surface area contributed by atoms with Crippen molar-refractivity contribution in [3.63, 3.8) is 0 Å². The van der Waals surface area contributed by atoms with E-state index in [0.29, 0.717) is 29.4 Å². The van der Waals surface area contributed by atoms with Crippen molar-refractivity contribution in [3.8, 4) is 0 Å². The molecule has 1 aromatic carbocycles. The van der Waals surface area contributed by atoms with Crippen LogP contribution in [0.15, 0.2) is 47.4 Å². The molecular weight excluding hydrogens is 316 g/mol. The number of nitrogen functional groups attached to an aromatic ring is 1. The monoisotopic (exact) mass is 332 g/mol. The van der Waals surface area contributed by atoms with Crippen molar-refractivity contribution in [2.24, 2.45) is 5.92 Å². The van der Waals surface area contributed by atoms with E-state index in [0.717, 1.165) is 5.56 Å². The number of H-pyrrole nitrogens is 1. The van der Waals surface area contributed by atoms with Gasteiger partial charge in [0.15, 0.2) is 11.4 Å². The Labute approximate surface area is 143 Å². The zero-order valence-corrected chi connectivity index (χ0v) is 13.4. The number of benzene rings is 1. The maximum absolute atomic E-state index is 12.5. The van der Waals surface area contributed by atoms with Gasteiger partial charge in [-0.15, -0.1) is 0 Å². The van der Waals surface area contributed by atoms with E-state index in [4.69, 9.17) is 5.73 Å². The molecule has 1 aliphatic rings. The van der Waals surface area contributed by atoms with E-state index in [9.17, 15) is 9.59 Å². The normalized spacial score (nSPS) is 17.1. The quantitative estimate of drug-likeness (QED) is 0.750. The summed E-state index contributed by atoms with van der Waals surface area (Å²) in [5, 5.41) is 0.359. The minimum absolute atomic E-state index is 0.00501. The number of nitrogens with zero attached hydrogens (tertiary/aromatic N) is 2. The van der Waals surface area contributed by atoms with Gasteiger partial charge in [0.25, 0.3) is 5.56 Å². The van der Waals surface area contributed by atoms with Gasteiger partial charge in [0, 0.05) is 18.2 Å². The summed E-state index contributed by atoms with van der Waals surface area (Å²) in [4.78, 5) is 35.5. The molecule has 1 aliphatic carbocycles. The minimum atomic E-state index is -0.354. The number of hydrogen-bond acceptors (Lipinski definition) is 5. The van der Waals surface area contributed by atoms with Crippen molar-refractivity contribution >= 4 is 28.8 Å². The lowest BCUT2D eigenvalue weighted by atomic mass is 9.82. The predicted octanol–water partition coefficient (Wildman–Crippen LogP) is 2.36. The van der Waals surface area contributed by atoms with E-state index >= 15 is 0 Å². The van der Waals surface area contributed by atoms with E-state index in [1.807, 2.05) is 42.5 Å². The molecule has 0 saturated carbocycles. The molecule has 0 fully saturated rings. The molecule has 6 nitrogen and oxygen atoms in total. The zero-order valence-electron chi connectivity index (χ0n) is 13.4. The summed E-state index contributed by atoms with van der Waals surface area (Å²) in [7, 11) is 0. The van der Waals surface area contributed by atoms with Gasteiger partial charge in [0.2, 0.25) is 5.95 Å². The Bertz CT molecular complexity index is 1050. The number of carbonyl (C=O) groups excluding carboxylic acids is 1. The number of nitrogens with two attached hydrogens (primary N) is 1. The van der Waals surface area contributed by atoms with Gasteiger partial charge in [0.05, 0.1) is 5.39 Å². The first kappa shape index (κ1) is 15.3. The third kappa shape index (κ3) is 2.82. The Morgan fingerprint density at radius 3 is 2.76 bits per heavy atom. The number of fused-ring (bicyclic) bond motifs is 3. The summed E-state index contributed by atoms with van der Waals surface area (Å²) in [5.74, 6) is 0.0463. The Hall–Kier alpha value is -3.28. The number of aromatic amines is 1. The highest BCUT2D eigenvalue weighted by Gasteiger charge is 2.27. The van der Waals surface area contributed by atoms with E-state index in [1.165, 1.54) is 6.20 Å². The summed E-state index contributed by atoms with van der Waals surface area (Å²) < 4.78 is 0. The first-order chi connectivity index (χ1) is 12.1. The van der Waals surface area contributed by atoms with Crippen LogP contribution in [-0.4, -0.2) is 20.7 Å². The second-order valence-corrected chi connectivity index (χ2v) is 6.16. The molecule has 0 saturated heterocycles. The van der Waals surface area contributed by atoms with Gasteiger partial charge in [-0.25, -0.2) is 4.98 Å². The number of ketones is 1. The van der Waals surface area contributed by atoms with E-state index < -0.39 is 0 Å². The van der Waals surface area contributed by atoms with E-state index in [-0.39, 0.29) is 28.9 Å². The van der Waals surface area contributed by atoms with Crippen LogP contribution >= 0.6 is 0 Å². The van der Waals surface area contributed by atoms with Gasteiger partial charge in [-0.2, -0.15) is 4.98 Å². The SMILES string of the molecule is Nc1nc2ncc3c(c2c(=O)[nH]1)C[C@@H](/C=C/c1ccccc1)CC3=O. The molecule has 0 unspecified atom stereocenters. The predicted molar refractivity (Wildman–Crippen MR) is 96.2 cm³/mol. The van der Waals surface area contributed by atoms with Crippen LogP contribution in [0.5, 0.6) is 0 Å². The van der Waals surface area contributed by atoms with Crippen molar-refractivity contribution < 1.29 is 4.79 Å². The maximum atomic E-state index is 12.5. The number of hydrogen-bond donors (Lipinski definition) is 2. The highest BCUT2D eigenvalue weighted by molar-refractivity contribution is 6.02. The van der Waals surface area contributed by atoms with Gasteiger partial charge in [-0.3, -0.25) is 14.6 Å². The lowest BCUT2D eigenvalue weighted by molar-refractivity contribution is 0.0959. The molecule has 0 radical (unpaired) electrons. The highest BCUT2D eigenvalue weighted by atomic mass is 16.1. The molecule has 0 aliphatic heterocycles. The molecule has 0 bridgehead atoms. The zero-order chi connectivity index (χ0) is 17.4. The van der Waals surface area contributed by atoms with E-state index in [2.05, 4.69) is 15.0 Å². The third-order valence-corrected chi connectivity index (χ3v) is 4.44. The summed E-state index contributed by atoms with van der Waals surface area (Å²) in [5.41, 5.74) is 7.80. The average molecular weight is 332 g/mol. The van der Waals surface area contributed by atoms with E-state index in [1.54, 1.807) is 0 Å². The molecule has 1 atom stereocenters. The van der Waals surface area contributed by atoms with Crippen LogP contribution in [-0.2, 0) is 6.42 Å². The second kappa shape index (κ2) is 5.98. The average Bonchev–Trinajstić information content (AvgIpc) is 2.60. The maximum Gasteiger partial charge on any atom is 0.262 e. The number of nitrogens with one attached hydrogen (secondary N) is 1. The molecule has 3 N–H and O–H groups in total. The molecule has 2 aromatic heterocycles. The molecule has 25 heavy (non-hydrogen) atoms. The molecule has 0 spiro atoms. The smallest absolute Gasteiger partial charge is 0.262 e. The Morgan fingerprint density at radius 2 is 1.96 bits per heavy atom. The number of carbonyl (C=O) groups is 1. The van der Waals surface area contributed by atoms with Gasteiger partial charge in [-0.05, 0) is 23.5 Å². The van der Waals surface area contributed by atoms with Gasteiger partial charge in [-0.1, -0.05) is 42.5 Å². The van der Waals surface area contributed by atoms with Gasteiger partial charge in [0.1, 0.15) is 0 Å². The van der Waals surface area contributed by atoms with Crippen LogP contribution in [0.25, 0.3) is 17.1 Å². The summed E-state index contributed by atoms with van der Waals surface area (Å²) >= 11 is 0. The lowest BCUT2D eigenvalue weighted by Gasteiger charge is -2.21. The minimum Gasteiger partial charge on any atom is -0.369 e. The van der Waals surface area contributed by atoms with Crippen LogP contribution in [0.1, 0.15) is 27.9 Å². The first-order valence-electron chi connectivity index (χ1n) is 8.05. The molecule has 124 valence electrons. The van der Waals surface area contributed by atoms with Crippen molar-refractivity contribution in [2.75, 3.05) is 5.73 Å². The van der Waals surface area contributed by atoms with Crippen LogP contribution < -0.4 is 11.3 Å². The van der Waals surface area contributed by atoms with Crippen LogP contribution in [0.4, 0.5) is 5.95 Å². The fourth-order valence-corrected chi connectivity index (χ4v) is 3.26. The van der Waals surface area contributed by atoms with Crippen LogP contribution in [0.3, 0.4) is 0 Å². The van der Waals surface area contributed by atoms with Crippen molar-refractivity contribution in [1.29, 1.82) is 0 Å². The topological polar surface area (TPSA) is 102 Å². The Morgan fingerprint density at radius 1 is 1.16 bits per heavy atom. The van der Waals surface area contributed by atoms with Crippen molar-refractivity contribution in [2.45, 2.75) is 12.8 Å². The van der Waals surface area contributed by atoms with Crippen molar-refractivity contribution in [3.05, 3.63) is 69.6 Å². The number of allylic oxidation sites excluding steroid dienone is 1.